The molecule has 1 aromatic carbocycles. The number of aryl methyl sites for hydroxylation is 1. The lowest BCUT2D eigenvalue weighted by Gasteiger charge is -2.37. The molecule has 0 saturated carbocycles. The van der Waals surface area contributed by atoms with Gasteiger partial charge in [-0.25, -0.2) is 4.39 Å². The molecule has 0 spiro atoms. The number of nitrogens with zero attached hydrogens (tertiary/aromatic N) is 1. The van der Waals surface area contributed by atoms with E-state index in [-0.39, 0.29) is 23.8 Å². The van der Waals surface area contributed by atoms with Gasteiger partial charge in [-0.1, -0.05) is 6.07 Å². The molecule has 1 saturated heterocycles. The number of nitrogens with one attached hydrogen (secondary N) is 1. The van der Waals surface area contributed by atoms with E-state index in [1.54, 1.807) is 6.07 Å². The van der Waals surface area contributed by atoms with Crippen molar-refractivity contribution in [2.24, 2.45) is 0 Å². The summed E-state index contributed by atoms with van der Waals surface area (Å²) in [4.78, 5) is 14.3. The van der Waals surface area contributed by atoms with Crippen LogP contribution in [-0.2, 0) is 0 Å². The molecule has 0 aliphatic carbocycles. The third-order valence-corrected chi connectivity index (χ3v) is 3.46. The van der Waals surface area contributed by atoms with Gasteiger partial charge in [-0.3, -0.25) is 4.79 Å². The van der Waals surface area contributed by atoms with E-state index < -0.39 is 0 Å². The molecule has 0 bridgehead atoms. The van der Waals surface area contributed by atoms with E-state index >= 15 is 0 Å². The van der Waals surface area contributed by atoms with Crippen LogP contribution in [0.25, 0.3) is 0 Å². The minimum absolute atomic E-state index is 0.0761. The van der Waals surface area contributed by atoms with Crippen LogP contribution < -0.4 is 5.32 Å². The molecule has 2 rings (SSSR count). The predicted octanol–water partition coefficient (Wildman–Crippen LogP) is 1.96. The summed E-state index contributed by atoms with van der Waals surface area (Å²) in [5, 5.41) is 3.33. The first-order chi connectivity index (χ1) is 8.49. The quantitative estimate of drug-likeness (QED) is 0.826. The van der Waals surface area contributed by atoms with Crippen LogP contribution >= 0.6 is 0 Å². The van der Waals surface area contributed by atoms with Gasteiger partial charge in [0.25, 0.3) is 5.91 Å². The third kappa shape index (κ3) is 2.53. The summed E-state index contributed by atoms with van der Waals surface area (Å²) in [6, 6.07) is 4.78. The molecule has 0 aromatic heterocycles. The zero-order valence-electron chi connectivity index (χ0n) is 11.0. The molecule has 1 aliphatic rings. The normalized spacial score (nSPS) is 24.1. The van der Waals surface area contributed by atoms with Crippen LogP contribution in [0, 0.1) is 12.7 Å². The van der Waals surface area contributed by atoms with Crippen molar-refractivity contribution in [2.45, 2.75) is 32.9 Å². The van der Waals surface area contributed by atoms with Crippen LogP contribution in [0.4, 0.5) is 4.39 Å². The number of hydrogen-bond acceptors (Lipinski definition) is 2. The first kappa shape index (κ1) is 13.0. The van der Waals surface area contributed by atoms with Crippen LogP contribution in [0.15, 0.2) is 18.2 Å². The Morgan fingerprint density at radius 1 is 1.44 bits per heavy atom. The fourth-order valence-electron chi connectivity index (χ4n) is 2.28. The SMILES string of the molecule is Cc1ccc(F)cc1C(=O)N1CC(C)NCC1C. The zero-order valence-corrected chi connectivity index (χ0v) is 11.0. The van der Waals surface area contributed by atoms with E-state index in [1.165, 1.54) is 12.1 Å². The first-order valence-corrected chi connectivity index (χ1v) is 6.29. The average molecular weight is 250 g/mol. The minimum Gasteiger partial charge on any atom is -0.333 e. The van der Waals surface area contributed by atoms with Crippen molar-refractivity contribution in [3.63, 3.8) is 0 Å². The number of rotatable bonds is 1. The number of amides is 1. The summed E-state index contributed by atoms with van der Waals surface area (Å²) in [5.74, 6) is -0.437. The predicted molar refractivity (Wildman–Crippen MR) is 69.1 cm³/mol. The van der Waals surface area contributed by atoms with Gasteiger partial charge in [-0.15, -0.1) is 0 Å². The van der Waals surface area contributed by atoms with Crippen molar-refractivity contribution in [2.75, 3.05) is 13.1 Å². The van der Waals surface area contributed by atoms with Gasteiger partial charge in [0.15, 0.2) is 0 Å². The van der Waals surface area contributed by atoms with Crippen LogP contribution in [0.1, 0.15) is 29.8 Å². The second kappa shape index (κ2) is 5.06. The highest BCUT2D eigenvalue weighted by molar-refractivity contribution is 5.96. The standard InChI is InChI=1S/C14H19FN2O/c1-9-4-5-12(15)6-13(9)14(18)17-8-10(2)16-7-11(17)3/h4-6,10-11,16H,7-8H2,1-3H3. The Bertz CT molecular complexity index is 461. The molecule has 3 nitrogen and oxygen atoms in total. The highest BCUT2D eigenvalue weighted by Gasteiger charge is 2.28. The summed E-state index contributed by atoms with van der Waals surface area (Å²) in [5.41, 5.74) is 1.29. The van der Waals surface area contributed by atoms with Crippen LogP contribution in [0.2, 0.25) is 0 Å². The summed E-state index contributed by atoms with van der Waals surface area (Å²) in [6.07, 6.45) is 0. The van der Waals surface area contributed by atoms with Gasteiger partial charge in [0.1, 0.15) is 5.82 Å². The number of carbonyl (C=O) groups excluding carboxylic acids is 1. The van der Waals surface area contributed by atoms with Crippen molar-refractivity contribution in [3.05, 3.63) is 35.1 Å². The topological polar surface area (TPSA) is 32.3 Å². The van der Waals surface area contributed by atoms with Crippen molar-refractivity contribution < 1.29 is 9.18 Å². The van der Waals surface area contributed by atoms with Gasteiger partial charge in [0, 0.05) is 30.7 Å². The maximum atomic E-state index is 13.3. The van der Waals surface area contributed by atoms with Gasteiger partial charge in [-0.2, -0.15) is 0 Å². The Morgan fingerprint density at radius 2 is 2.17 bits per heavy atom. The minimum atomic E-state index is -0.361. The van der Waals surface area contributed by atoms with Crippen LogP contribution in [-0.4, -0.2) is 36.0 Å². The third-order valence-electron chi connectivity index (χ3n) is 3.46. The maximum absolute atomic E-state index is 13.3. The average Bonchev–Trinajstić information content (AvgIpc) is 2.34. The largest absolute Gasteiger partial charge is 0.333 e. The Hall–Kier alpha value is -1.42. The maximum Gasteiger partial charge on any atom is 0.254 e. The molecule has 1 aliphatic heterocycles. The summed E-state index contributed by atoms with van der Waals surface area (Å²) < 4.78 is 13.3. The molecule has 18 heavy (non-hydrogen) atoms. The van der Waals surface area contributed by atoms with Crippen molar-refractivity contribution >= 4 is 5.91 Å². The molecule has 1 fully saturated rings. The number of halogens is 1. The Kier molecular flexibility index (Phi) is 3.66. The molecule has 1 N–H and O–H groups in total. The van der Waals surface area contributed by atoms with Crippen LogP contribution in [0.3, 0.4) is 0 Å². The summed E-state index contributed by atoms with van der Waals surface area (Å²) >= 11 is 0. The van der Waals surface area contributed by atoms with E-state index in [0.29, 0.717) is 12.1 Å². The lowest BCUT2D eigenvalue weighted by molar-refractivity contribution is 0.0615. The van der Waals surface area contributed by atoms with Crippen molar-refractivity contribution in [1.29, 1.82) is 0 Å². The number of carbonyl (C=O) groups is 1. The van der Waals surface area contributed by atoms with E-state index in [0.717, 1.165) is 12.1 Å². The van der Waals surface area contributed by atoms with E-state index in [1.807, 2.05) is 25.7 Å². The summed E-state index contributed by atoms with van der Waals surface area (Å²) in [7, 11) is 0. The number of benzene rings is 1. The fourth-order valence-corrected chi connectivity index (χ4v) is 2.28. The number of hydrogen-bond donors (Lipinski definition) is 1. The highest BCUT2D eigenvalue weighted by Crippen LogP contribution is 2.16. The van der Waals surface area contributed by atoms with E-state index in [4.69, 9.17) is 0 Å². The molecule has 0 radical (unpaired) electrons. The molecular formula is C14H19FN2O. The van der Waals surface area contributed by atoms with Gasteiger partial charge >= 0.3 is 0 Å². The smallest absolute Gasteiger partial charge is 0.254 e. The molecular weight excluding hydrogens is 231 g/mol. The highest BCUT2D eigenvalue weighted by atomic mass is 19.1. The van der Waals surface area contributed by atoms with E-state index in [2.05, 4.69) is 5.32 Å². The van der Waals surface area contributed by atoms with Crippen LogP contribution in [0.5, 0.6) is 0 Å². The molecule has 2 unspecified atom stereocenters. The Balaban J connectivity index is 2.27. The fraction of sp³-hybridized carbons (Fsp3) is 0.500. The molecule has 2 atom stereocenters. The second-order valence-electron chi connectivity index (χ2n) is 5.08. The zero-order chi connectivity index (χ0) is 13.3. The molecule has 1 amide bonds. The Morgan fingerprint density at radius 3 is 2.89 bits per heavy atom. The summed E-state index contributed by atoms with van der Waals surface area (Å²) in [6.45, 7) is 7.33. The van der Waals surface area contributed by atoms with Gasteiger partial charge < -0.3 is 10.2 Å². The van der Waals surface area contributed by atoms with Crippen molar-refractivity contribution in [1.82, 2.24) is 10.2 Å². The van der Waals surface area contributed by atoms with Gasteiger partial charge in [-0.05, 0) is 38.5 Å². The molecule has 1 aromatic rings. The molecule has 1 heterocycles. The van der Waals surface area contributed by atoms with Crippen molar-refractivity contribution in [3.8, 4) is 0 Å². The molecule has 98 valence electrons. The monoisotopic (exact) mass is 250 g/mol. The van der Waals surface area contributed by atoms with Gasteiger partial charge in [0.2, 0.25) is 0 Å². The lowest BCUT2D eigenvalue weighted by atomic mass is 10.0. The van der Waals surface area contributed by atoms with E-state index in [9.17, 15) is 9.18 Å². The Labute approximate surface area is 107 Å². The van der Waals surface area contributed by atoms with Gasteiger partial charge in [0.05, 0.1) is 0 Å². The lowest BCUT2D eigenvalue weighted by Crippen LogP contribution is -2.56. The second-order valence-corrected chi connectivity index (χ2v) is 5.08. The first-order valence-electron chi connectivity index (χ1n) is 6.29. The number of piperazine rings is 1. The molecule has 4 heteroatoms.